The fraction of sp³-hybridized carbons (Fsp3) is 0.667. The molecule has 20 heavy (non-hydrogen) atoms. The van der Waals surface area contributed by atoms with Crippen LogP contribution in [0, 0.1) is 0 Å². The number of pyridine rings is 1. The number of hydrogen-bond donors (Lipinski definition) is 1. The topological polar surface area (TPSA) is 54.8 Å². The van der Waals surface area contributed by atoms with Gasteiger partial charge in [0.05, 0.1) is 19.8 Å². The van der Waals surface area contributed by atoms with Crippen LogP contribution >= 0.6 is 0 Å². The summed E-state index contributed by atoms with van der Waals surface area (Å²) >= 11 is 0. The molecule has 0 radical (unpaired) electrons. The summed E-state index contributed by atoms with van der Waals surface area (Å²) in [6.07, 6.45) is 3.81. The van der Waals surface area contributed by atoms with Crippen LogP contribution in [0.2, 0.25) is 0 Å². The van der Waals surface area contributed by atoms with E-state index in [2.05, 4.69) is 16.9 Å². The second-order valence-corrected chi connectivity index (χ2v) is 5.90. The largest absolute Gasteiger partial charge is 0.481 e. The molecular weight excluding hydrogens is 256 g/mol. The normalized spacial score (nSPS) is 33.2. The lowest BCUT2D eigenvalue weighted by Gasteiger charge is -2.42. The van der Waals surface area contributed by atoms with E-state index in [-0.39, 0.29) is 0 Å². The van der Waals surface area contributed by atoms with Crippen LogP contribution in [-0.4, -0.2) is 48.3 Å². The number of piperidine rings is 1. The summed E-state index contributed by atoms with van der Waals surface area (Å²) in [5, 5.41) is 11.1. The first-order chi connectivity index (χ1) is 9.57. The Kier molecular flexibility index (Phi) is 3.34. The van der Waals surface area contributed by atoms with Crippen molar-refractivity contribution >= 4 is 0 Å². The molecule has 1 N–H and O–H groups in total. The van der Waals surface area contributed by atoms with Crippen molar-refractivity contribution in [3.63, 3.8) is 0 Å². The van der Waals surface area contributed by atoms with Crippen molar-refractivity contribution in [2.75, 3.05) is 21.3 Å². The van der Waals surface area contributed by atoms with Crippen LogP contribution in [0.5, 0.6) is 11.8 Å². The Morgan fingerprint density at radius 3 is 2.40 bits per heavy atom. The van der Waals surface area contributed by atoms with Gasteiger partial charge in [0.15, 0.2) is 0 Å². The molecule has 5 heteroatoms. The standard InChI is InChI=1S/C15H22N2O3/c1-17-10-4-5-11(17)9-15(18,8-10)12-6-7-13(19-2)16-14(12)20-3/h6-7,10-11,18H,4-5,8-9H2,1-3H3. The van der Waals surface area contributed by atoms with Gasteiger partial charge in [0, 0.05) is 23.7 Å². The quantitative estimate of drug-likeness (QED) is 0.909. The molecule has 1 aromatic heterocycles. The van der Waals surface area contributed by atoms with Gasteiger partial charge in [0.25, 0.3) is 0 Å². The smallest absolute Gasteiger partial charge is 0.222 e. The first-order valence-corrected chi connectivity index (χ1v) is 7.11. The van der Waals surface area contributed by atoms with Crippen LogP contribution in [0.25, 0.3) is 0 Å². The minimum absolute atomic E-state index is 0.450. The molecule has 2 fully saturated rings. The summed E-state index contributed by atoms with van der Waals surface area (Å²) in [7, 11) is 5.32. The van der Waals surface area contributed by atoms with E-state index in [1.165, 1.54) is 0 Å². The molecule has 0 amide bonds. The first-order valence-electron chi connectivity index (χ1n) is 7.11. The van der Waals surface area contributed by atoms with Gasteiger partial charge in [-0.25, -0.2) is 0 Å². The molecule has 3 heterocycles. The summed E-state index contributed by atoms with van der Waals surface area (Å²) in [5.41, 5.74) is -0.0611. The zero-order chi connectivity index (χ0) is 14.3. The van der Waals surface area contributed by atoms with E-state index >= 15 is 0 Å². The van der Waals surface area contributed by atoms with Gasteiger partial charge in [-0.05, 0) is 38.8 Å². The predicted molar refractivity (Wildman–Crippen MR) is 75.0 cm³/mol. The van der Waals surface area contributed by atoms with Crippen molar-refractivity contribution in [3.05, 3.63) is 17.7 Å². The first kappa shape index (κ1) is 13.6. The lowest BCUT2D eigenvalue weighted by atomic mass is 9.81. The highest BCUT2D eigenvalue weighted by atomic mass is 16.5. The SMILES string of the molecule is COc1ccc(C2(O)CC3CCC(C2)N3C)c(OC)n1. The Morgan fingerprint density at radius 1 is 1.20 bits per heavy atom. The molecule has 2 saturated heterocycles. The van der Waals surface area contributed by atoms with Crippen molar-refractivity contribution in [2.45, 2.75) is 43.4 Å². The summed E-state index contributed by atoms with van der Waals surface area (Å²) in [6, 6.07) is 4.57. The maximum atomic E-state index is 11.1. The number of rotatable bonds is 3. The van der Waals surface area contributed by atoms with Crippen molar-refractivity contribution in [1.82, 2.24) is 9.88 Å². The molecule has 0 saturated carbocycles. The minimum Gasteiger partial charge on any atom is -0.481 e. The molecule has 2 unspecified atom stereocenters. The molecule has 110 valence electrons. The van der Waals surface area contributed by atoms with E-state index in [4.69, 9.17) is 9.47 Å². The summed E-state index contributed by atoms with van der Waals surface area (Å²) in [5.74, 6) is 0.973. The van der Waals surface area contributed by atoms with Crippen molar-refractivity contribution in [1.29, 1.82) is 0 Å². The Balaban J connectivity index is 1.96. The molecule has 2 atom stereocenters. The van der Waals surface area contributed by atoms with E-state index in [1.807, 2.05) is 6.07 Å². The number of fused-ring (bicyclic) bond motifs is 2. The molecule has 5 nitrogen and oxygen atoms in total. The van der Waals surface area contributed by atoms with Crippen LogP contribution in [0.4, 0.5) is 0 Å². The molecule has 2 aliphatic rings. The zero-order valence-corrected chi connectivity index (χ0v) is 12.3. The monoisotopic (exact) mass is 278 g/mol. The summed E-state index contributed by atoms with van der Waals surface area (Å²) in [4.78, 5) is 6.70. The van der Waals surface area contributed by atoms with Crippen molar-refractivity contribution in [3.8, 4) is 11.8 Å². The Labute approximate surface area is 119 Å². The average Bonchev–Trinajstić information content (AvgIpc) is 2.69. The van der Waals surface area contributed by atoms with Gasteiger partial charge in [0.1, 0.15) is 0 Å². The van der Waals surface area contributed by atoms with Gasteiger partial charge in [-0.2, -0.15) is 4.98 Å². The van der Waals surface area contributed by atoms with Crippen LogP contribution < -0.4 is 9.47 Å². The van der Waals surface area contributed by atoms with E-state index in [1.54, 1.807) is 20.3 Å². The maximum Gasteiger partial charge on any atom is 0.222 e. The highest BCUT2D eigenvalue weighted by molar-refractivity contribution is 5.36. The third-order valence-corrected chi connectivity index (χ3v) is 4.87. The lowest BCUT2D eigenvalue weighted by molar-refractivity contribution is -0.0510. The van der Waals surface area contributed by atoms with Gasteiger partial charge < -0.3 is 19.5 Å². The number of nitrogens with zero attached hydrogens (tertiary/aromatic N) is 2. The summed E-state index contributed by atoms with van der Waals surface area (Å²) in [6.45, 7) is 0. The van der Waals surface area contributed by atoms with E-state index in [0.717, 1.165) is 31.2 Å². The molecule has 0 aromatic carbocycles. The second kappa shape index (κ2) is 4.90. The van der Waals surface area contributed by atoms with Gasteiger partial charge in [-0.3, -0.25) is 0 Å². The second-order valence-electron chi connectivity index (χ2n) is 5.90. The fourth-order valence-corrected chi connectivity index (χ4v) is 3.71. The molecule has 0 spiro atoms. The Morgan fingerprint density at radius 2 is 1.85 bits per heavy atom. The maximum absolute atomic E-state index is 11.1. The molecule has 2 aliphatic heterocycles. The lowest BCUT2D eigenvalue weighted by Crippen LogP contribution is -2.47. The predicted octanol–water partition coefficient (Wildman–Crippen LogP) is 1.54. The zero-order valence-electron chi connectivity index (χ0n) is 12.3. The Hall–Kier alpha value is -1.33. The van der Waals surface area contributed by atoms with Gasteiger partial charge >= 0.3 is 0 Å². The number of methoxy groups -OCH3 is 2. The highest BCUT2D eigenvalue weighted by Crippen LogP contribution is 2.47. The van der Waals surface area contributed by atoms with Gasteiger partial charge in [0.2, 0.25) is 11.8 Å². The minimum atomic E-state index is -0.844. The molecular formula is C15H22N2O3. The van der Waals surface area contributed by atoms with E-state index < -0.39 is 5.60 Å². The molecule has 0 aliphatic carbocycles. The van der Waals surface area contributed by atoms with Crippen LogP contribution in [0.15, 0.2) is 12.1 Å². The number of ether oxygens (including phenoxy) is 2. The number of aromatic nitrogens is 1. The average molecular weight is 278 g/mol. The number of aliphatic hydroxyl groups is 1. The highest BCUT2D eigenvalue weighted by Gasteiger charge is 2.48. The van der Waals surface area contributed by atoms with E-state index in [0.29, 0.717) is 23.8 Å². The van der Waals surface area contributed by atoms with Crippen molar-refractivity contribution < 1.29 is 14.6 Å². The Bertz CT molecular complexity index is 492. The van der Waals surface area contributed by atoms with E-state index in [9.17, 15) is 5.11 Å². The third-order valence-electron chi connectivity index (χ3n) is 4.87. The summed E-state index contributed by atoms with van der Waals surface area (Å²) < 4.78 is 10.5. The molecule has 3 rings (SSSR count). The third kappa shape index (κ3) is 2.05. The van der Waals surface area contributed by atoms with Crippen LogP contribution in [0.3, 0.4) is 0 Å². The van der Waals surface area contributed by atoms with Gasteiger partial charge in [-0.1, -0.05) is 0 Å². The van der Waals surface area contributed by atoms with Gasteiger partial charge in [-0.15, -0.1) is 0 Å². The molecule has 1 aromatic rings. The fourth-order valence-electron chi connectivity index (χ4n) is 3.71. The van der Waals surface area contributed by atoms with Crippen LogP contribution in [0.1, 0.15) is 31.2 Å². The number of hydrogen-bond acceptors (Lipinski definition) is 5. The molecule has 2 bridgehead atoms. The van der Waals surface area contributed by atoms with Crippen molar-refractivity contribution in [2.24, 2.45) is 0 Å². The van der Waals surface area contributed by atoms with Crippen LogP contribution in [-0.2, 0) is 5.60 Å².